The number of imidazole rings is 1. The summed E-state index contributed by atoms with van der Waals surface area (Å²) < 4.78 is 18.3. The zero-order valence-corrected chi connectivity index (χ0v) is 17.8. The third-order valence-corrected chi connectivity index (χ3v) is 6.71. The smallest absolute Gasteiger partial charge is 0.325 e. The fraction of sp³-hybridized carbons (Fsp3) is 0.706. The molecule has 1 saturated heterocycles. The van der Waals surface area contributed by atoms with Crippen molar-refractivity contribution in [3.8, 4) is 0 Å². The fourth-order valence-corrected chi connectivity index (χ4v) is 4.90. The van der Waals surface area contributed by atoms with Crippen LogP contribution in [-0.4, -0.2) is 70.0 Å². The minimum Gasteiger partial charge on any atom is -0.388 e. The summed E-state index contributed by atoms with van der Waals surface area (Å²) in [5.74, 6) is 0.516. The topological polar surface area (TPSA) is 163 Å². The average molecular weight is 462 g/mol. The van der Waals surface area contributed by atoms with Gasteiger partial charge in [-0.15, -0.1) is 0 Å². The van der Waals surface area contributed by atoms with E-state index in [1.165, 1.54) is 10.9 Å². The first kappa shape index (κ1) is 21.9. The van der Waals surface area contributed by atoms with E-state index in [0.717, 1.165) is 25.7 Å². The molecule has 4 rings (SSSR count). The van der Waals surface area contributed by atoms with Crippen LogP contribution in [-0.2, 0) is 9.30 Å². The van der Waals surface area contributed by atoms with Crippen LogP contribution in [0.2, 0.25) is 5.28 Å². The number of rotatable bonds is 7. The molecule has 2 fully saturated rings. The van der Waals surface area contributed by atoms with Gasteiger partial charge in [0.2, 0.25) is 5.28 Å². The maximum atomic E-state index is 11.0. The Labute approximate surface area is 177 Å². The van der Waals surface area contributed by atoms with Crippen molar-refractivity contribution >= 4 is 36.2 Å². The van der Waals surface area contributed by atoms with Gasteiger partial charge < -0.3 is 30.1 Å². The van der Waals surface area contributed by atoms with Gasteiger partial charge in [-0.1, -0.05) is 12.8 Å². The average Bonchev–Trinajstić information content (AvgIpc) is 3.37. The van der Waals surface area contributed by atoms with Crippen LogP contribution in [0.25, 0.3) is 11.2 Å². The lowest BCUT2D eigenvalue weighted by atomic mass is 10.1. The van der Waals surface area contributed by atoms with Gasteiger partial charge in [0.05, 0.1) is 12.4 Å². The highest BCUT2D eigenvalue weighted by molar-refractivity contribution is 7.51. The normalized spacial score (nSPS) is 27.9. The summed E-state index contributed by atoms with van der Waals surface area (Å²) in [6, 6.07) is 0.290. The van der Waals surface area contributed by atoms with Crippen molar-refractivity contribution in [3.05, 3.63) is 11.6 Å². The van der Waals surface area contributed by atoms with Gasteiger partial charge in [0, 0.05) is 12.2 Å². The van der Waals surface area contributed by atoms with E-state index < -0.39 is 32.1 Å². The predicted octanol–water partition coefficient (Wildman–Crippen LogP) is 1.41. The van der Waals surface area contributed by atoms with Crippen molar-refractivity contribution in [3.63, 3.8) is 0 Å². The molecule has 30 heavy (non-hydrogen) atoms. The first-order chi connectivity index (χ1) is 14.2. The molecule has 11 nitrogen and oxygen atoms in total. The van der Waals surface area contributed by atoms with Gasteiger partial charge in [-0.25, -0.2) is 4.98 Å². The fourth-order valence-electron chi connectivity index (χ4n) is 4.14. The number of aliphatic hydroxyl groups excluding tert-OH is 2. The summed E-state index contributed by atoms with van der Waals surface area (Å²) in [7, 11) is -4.13. The summed E-state index contributed by atoms with van der Waals surface area (Å²) in [5.41, 5.74) is 0.851. The SMILES string of the molecule is O=P(O)(O)CCC[C@H]1O[C@@H](n2cnc3c(NC4CCCC4)nc(Cl)nc32)C(O)[C@H]1O. The first-order valence-electron chi connectivity index (χ1n) is 9.96. The standard InChI is InChI=1S/C17H25ClN5O6P/c18-17-21-14(20-9-4-1-2-5-9)11-15(22-17)23(8-19-11)16-13(25)12(24)10(29-16)6-3-7-30(26,27)28/h8-10,12-13,16,24-25H,1-7H2,(H,20,21,22)(H2,26,27,28)/t10-,12+,13?,16-/m1/s1. The Morgan fingerprint density at radius 2 is 1.97 bits per heavy atom. The highest BCUT2D eigenvalue weighted by atomic mass is 35.5. The molecule has 4 atom stereocenters. The van der Waals surface area contributed by atoms with Crippen LogP contribution < -0.4 is 5.32 Å². The van der Waals surface area contributed by atoms with E-state index in [0.29, 0.717) is 17.0 Å². The second-order valence-corrected chi connectivity index (χ2v) is 9.98. The van der Waals surface area contributed by atoms with Crippen LogP contribution in [0.3, 0.4) is 0 Å². The Balaban J connectivity index is 1.55. The molecule has 166 valence electrons. The number of hydrogen-bond donors (Lipinski definition) is 5. The van der Waals surface area contributed by atoms with Crippen molar-refractivity contribution < 1.29 is 29.3 Å². The zero-order chi connectivity index (χ0) is 21.5. The highest BCUT2D eigenvalue weighted by Gasteiger charge is 2.44. The van der Waals surface area contributed by atoms with Gasteiger partial charge in [-0.05, 0) is 37.3 Å². The van der Waals surface area contributed by atoms with Gasteiger partial charge in [0.25, 0.3) is 0 Å². The number of fused-ring (bicyclic) bond motifs is 1. The van der Waals surface area contributed by atoms with E-state index in [4.69, 9.17) is 26.1 Å². The van der Waals surface area contributed by atoms with Crippen molar-refractivity contribution in [2.45, 2.75) is 69.1 Å². The van der Waals surface area contributed by atoms with Crippen LogP contribution in [0.1, 0.15) is 44.8 Å². The molecule has 2 aliphatic rings. The Morgan fingerprint density at radius 1 is 1.23 bits per heavy atom. The summed E-state index contributed by atoms with van der Waals surface area (Å²) in [4.78, 5) is 30.9. The molecule has 5 N–H and O–H groups in total. The minimum atomic E-state index is -4.13. The number of anilines is 1. The molecule has 1 saturated carbocycles. The van der Waals surface area contributed by atoms with Crippen molar-refractivity contribution in [1.29, 1.82) is 0 Å². The lowest BCUT2D eigenvalue weighted by Crippen LogP contribution is -2.31. The summed E-state index contributed by atoms with van der Waals surface area (Å²) in [5, 5.41) is 24.3. The molecular formula is C17H25ClN5O6P. The number of aliphatic hydroxyl groups is 2. The Hall–Kier alpha value is -1.33. The van der Waals surface area contributed by atoms with E-state index in [1.807, 2.05) is 0 Å². The number of aromatic nitrogens is 4. The van der Waals surface area contributed by atoms with Crippen LogP contribution in [0.15, 0.2) is 6.33 Å². The number of nitrogens with one attached hydrogen (secondary N) is 1. The largest absolute Gasteiger partial charge is 0.388 e. The number of hydrogen-bond acceptors (Lipinski definition) is 8. The van der Waals surface area contributed by atoms with Crippen molar-refractivity contribution in [1.82, 2.24) is 19.5 Å². The van der Waals surface area contributed by atoms with E-state index in [2.05, 4.69) is 20.3 Å². The molecule has 1 unspecified atom stereocenters. The third kappa shape index (κ3) is 4.62. The van der Waals surface area contributed by atoms with E-state index >= 15 is 0 Å². The van der Waals surface area contributed by atoms with Crippen LogP contribution in [0.5, 0.6) is 0 Å². The third-order valence-electron chi connectivity index (χ3n) is 5.64. The molecule has 3 heterocycles. The van der Waals surface area contributed by atoms with Crippen LogP contribution in [0, 0.1) is 0 Å². The Bertz CT molecular complexity index is 948. The molecular weight excluding hydrogens is 437 g/mol. The lowest BCUT2D eigenvalue weighted by molar-refractivity contribution is -0.0370. The monoisotopic (exact) mass is 461 g/mol. The Morgan fingerprint density at radius 3 is 2.67 bits per heavy atom. The van der Waals surface area contributed by atoms with E-state index in [9.17, 15) is 14.8 Å². The van der Waals surface area contributed by atoms with E-state index in [1.54, 1.807) is 0 Å². The van der Waals surface area contributed by atoms with Crippen molar-refractivity contribution in [2.75, 3.05) is 11.5 Å². The molecule has 0 amide bonds. The maximum absolute atomic E-state index is 11.0. The summed E-state index contributed by atoms with van der Waals surface area (Å²) >= 11 is 6.12. The molecule has 1 aliphatic heterocycles. The predicted molar refractivity (Wildman–Crippen MR) is 108 cm³/mol. The summed E-state index contributed by atoms with van der Waals surface area (Å²) in [6.45, 7) is 0. The Kier molecular flexibility index (Phi) is 6.32. The van der Waals surface area contributed by atoms with Gasteiger partial charge in [0.1, 0.15) is 12.2 Å². The van der Waals surface area contributed by atoms with E-state index in [-0.39, 0.29) is 30.3 Å². The number of halogens is 1. The molecule has 0 spiro atoms. The second-order valence-electron chi connectivity index (χ2n) is 7.87. The molecule has 0 radical (unpaired) electrons. The van der Waals surface area contributed by atoms with Crippen molar-refractivity contribution in [2.24, 2.45) is 0 Å². The highest BCUT2D eigenvalue weighted by Crippen LogP contribution is 2.38. The minimum absolute atomic E-state index is 0.0241. The number of ether oxygens (including phenoxy) is 1. The second kappa shape index (κ2) is 8.66. The quantitative estimate of drug-likeness (QED) is 0.301. The molecule has 0 aromatic carbocycles. The first-order valence-corrected chi connectivity index (χ1v) is 12.1. The zero-order valence-electron chi connectivity index (χ0n) is 16.1. The van der Waals surface area contributed by atoms with Gasteiger partial charge in [-0.2, -0.15) is 9.97 Å². The van der Waals surface area contributed by atoms with Crippen LogP contribution >= 0.6 is 19.2 Å². The molecule has 13 heteroatoms. The lowest BCUT2D eigenvalue weighted by Gasteiger charge is -2.17. The molecule has 0 bridgehead atoms. The van der Waals surface area contributed by atoms with Gasteiger partial charge in [-0.3, -0.25) is 9.13 Å². The maximum Gasteiger partial charge on any atom is 0.325 e. The molecule has 2 aromatic heterocycles. The summed E-state index contributed by atoms with van der Waals surface area (Å²) in [6.07, 6.45) is 1.65. The van der Waals surface area contributed by atoms with Crippen LogP contribution in [0.4, 0.5) is 5.82 Å². The van der Waals surface area contributed by atoms with Gasteiger partial charge in [0.15, 0.2) is 23.2 Å². The number of nitrogens with zero attached hydrogens (tertiary/aromatic N) is 4. The molecule has 1 aliphatic carbocycles. The van der Waals surface area contributed by atoms with Gasteiger partial charge >= 0.3 is 7.60 Å². The molecule has 2 aromatic rings.